The Hall–Kier alpha value is -1.36. The van der Waals surface area contributed by atoms with Gasteiger partial charge in [0, 0.05) is 35.0 Å². The lowest BCUT2D eigenvalue weighted by Crippen LogP contribution is -2.33. The van der Waals surface area contributed by atoms with Crippen LogP contribution in [0, 0.1) is 5.92 Å². The third-order valence-electron chi connectivity index (χ3n) is 2.58. The number of anilines is 1. The fraction of sp³-hybridized carbons (Fsp3) is 0.273. The van der Waals surface area contributed by atoms with E-state index in [0.29, 0.717) is 5.69 Å². The van der Waals surface area contributed by atoms with E-state index in [9.17, 15) is 14.7 Å². The average molecular weight is 283 g/mol. The van der Waals surface area contributed by atoms with Crippen LogP contribution in [0.2, 0.25) is 0 Å². The van der Waals surface area contributed by atoms with Crippen LogP contribution in [-0.4, -0.2) is 18.4 Å². The molecular weight excluding hydrogens is 274 g/mol. The standard InChI is InChI=1S/C11H10BrNO3/c12-8-2-1-3-9(5-8)13-6-7(11(15)16)4-10(13)14/h1-3,5,7H,4,6H2,(H,15,16)/p-1/t7-/m1/s1. The molecule has 1 aromatic carbocycles. The summed E-state index contributed by atoms with van der Waals surface area (Å²) in [5.41, 5.74) is 0.711. The lowest BCUT2D eigenvalue weighted by atomic mass is 10.1. The number of halogens is 1. The second-order valence-corrected chi connectivity index (χ2v) is 4.62. The van der Waals surface area contributed by atoms with E-state index in [1.807, 2.05) is 6.07 Å². The van der Waals surface area contributed by atoms with E-state index in [4.69, 9.17) is 0 Å². The molecule has 0 spiro atoms. The largest absolute Gasteiger partial charge is 0.550 e. The molecule has 2 rings (SSSR count). The number of carbonyl (C=O) groups excluding carboxylic acids is 2. The minimum Gasteiger partial charge on any atom is -0.550 e. The van der Waals surface area contributed by atoms with Gasteiger partial charge < -0.3 is 14.8 Å². The van der Waals surface area contributed by atoms with Gasteiger partial charge in [0.15, 0.2) is 0 Å². The zero-order valence-corrected chi connectivity index (χ0v) is 9.94. The Morgan fingerprint density at radius 3 is 2.81 bits per heavy atom. The molecule has 0 aliphatic carbocycles. The molecule has 5 heteroatoms. The molecule has 1 atom stereocenters. The van der Waals surface area contributed by atoms with E-state index in [0.717, 1.165) is 4.47 Å². The molecule has 1 aliphatic heterocycles. The molecular formula is C11H9BrNO3-. The maximum atomic E-state index is 11.6. The SMILES string of the molecule is O=C([O-])[C@@H]1CC(=O)N(c2cccc(Br)c2)C1. The summed E-state index contributed by atoms with van der Waals surface area (Å²) in [5, 5.41) is 10.7. The number of rotatable bonds is 2. The Labute approximate surface area is 101 Å². The molecule has 0 N–H and O–H groups in total. The van der Waals surface area contributed by atoms with E-state index in [-0.39, 0.29) is 18.9 Å². The molecule has 1 heterocycles. The van der Waals surface area contributed by atoms with Crippen molar-refractivity contribution in [3.8, 4) is 0 Å². The van der Waals surface area contributed by atoms with Crippen LogP contribution in [0.3, 0.4) is 0 Å². The average Bonchev–Trinajstić information content (AvgIpc) is 2.60. The highest BCUT2D eigenvalue weighted by molar-refractivity contribution is 9.10. The summed E-state index contributed by atoms with van der Waals surface area (Å²) in [6.45, 7) is 0.192. The van der Waals surface area contributed by atoms with Crippen molar-refractivity contribution in [1.29, 1.82) is 0 Å². The minimum atomic E-state index is -1.16. The summed E-state index contributed by atoms with van der Waals surface area (Å²) in [5.74, 6) is -2.04. The van der Waals surface area contributed by atoms with Gasteiger partial charge in [-0.3, -0.25) is 4.79 Å². The van der Waals surface area contributed by atoms with Gasteiger partial charge in [-0.2, -0.15) is 0 Å². The number of hydrogen-bond acceptors (Lipinski definition) is 3. The van der Waals surface area contributed by atoms with Crippen LogP contribution in [0.4, 0.5) is 5.69 Å². The molecule has 1 fully saturated rings. The summed E-state index contributed by atoms with van der Waals surface area (Å²) >= 11 is 3.31. The minimum absolute atomic E-state index is 0.0227. The number of carboxylic acids is 1. The Balaban J connectivity index is 2.23. The normalized spacial score (nSPS) is 20.2. The van der Waals surface area contributed by atoms with Crippen LogP contribution in [-0.2, 0) is 9.59 Å². The number of nitrogens with zero attached hydrogens (tertiary/aromatic N) is 1. The van der Waals surface area contributed by atoms with Crippen molar-refractivity contribution in [1.82, 2.24) is 0 Å². The monoisotopic (exact) mass is 282 g/mol. The fourth-order valence-corrected chi connectivity index (χ4v) is 2.15. The molecule has 0 aromatic heterocycles. The number of aliphatic carboxylic acids is 1. The number of benzene rings is 1. The number of amides is 1. The highest BCUT2D eigenvalue weighted by atomic mass is 79.9. The van der Waals surface area contributed by atoms with E-state index in [1.54, 1.807) is 18.2 Å². The molecule has 0 radical (unpaired) electrons. The van der Waals surface area contributed by atoms with Gasteiger partial charge in [-0.15, -0.1) is 0 Å². The van der Waals surface area contributed by atoms with Crippen molar-refractivity contribution in [3.05, 3.63) is 28.7 Å². The Morgan fingerprint density at radius 1 is 1.50 bits per heavy atom. The zero-order valence-electron chi connectivity index (χ0n) is 8.35. The molecule has 0 saturated carbocycles. The van der Waals surface area contributed by atoms with Gasteiger partial charge in [0.2, 0.25) is 5.91 Å². The van der Waals surface area contributed by atoms with Crippen LogP contribution in [0.1, 0.15) is 6.42 Å². The molecule has 0 bridgehead atoms. The van der Waals surface area contributed by atoms with Crippen molar-refractivity contribution in [2.24, 2.45) is 5.92 Å². The first kappa shape index (κ1) is 11.1. The summed E-state index contributed by atoms with van der Waals surface area (Å²) in [6, 6.07) is 7.22. The molecule has 16 heavy (non-hydrogen) atoms. The molecule has 1 aromatic rings. The lowest BCUT2D eigenvalue weighted by Gasteiger charge is -2.17. The highest BCUT2D eigenvalue weighted by Gasteiger charge is 2.31. The molecule has 0 unspecified atom stereocenters. The third kappa shape index (κ3) is 2.09. The molecule has 84 valence electrons. The topological polar surface area (TPSA) is 60.4 Å². The van der Waals surface area contributed by atoms with Gasteiger partial charge in [0.05, 0.1) is 0 Å². The number of hydrogen-bond donors (Lipinski definition) is 0. The van der Waals surface area contributed by atoms with E-state index in [2.05, 4.69) is 15.9 Å². The number of carboxylic acid groups (broad SMARTS) is 1. The van der Waals surface area contributed by atoms with Crippen LogP contribution in [0.25, 0.3) is 0 Å². The molecule has 1 amide bonds. The van der Waals surface area contributed by atoms with Crippen LogP contribution < -0.4 is 10.0 Å². The Bertz CT molecular complexity index is 447. The first-order chi connectivity index (χ1) is 7.58. The van der Waals surface area contributed by atoms with Crippen molar-refractivity contribution in [2.75, 3.05) is 11.4 Å². The predicted molar refractivity (Wildman–Crippen MR) is 59.6 cm³/mol. The second kappa shape index (κ2) is 4.25. The maximum Gasteiger partial charge on any atom is 0.227 e. The zero-order chi connectivity index (χ0) is 11.7. The van der Waals surface area contributed by atoms with Gasteiger partial charge >= 0.3 is 0 Å². The van der Waals surface area contributed by atoms with Crippen molar-refractivity contribution in [3.63, 3.8) is 0 Å². The lowest BCUT2D eigenvalue weighted by molar-refractivity contribution is -0.310. The van der Waals surface area contributed by atoms with Crippen molar-refractivity contribution < 1.29 is 14.7 Å². The van der Waals surface area contributed by atoms with Gasteiger partial charge in [-0.1, -0.05) is 22.0 Å². The third-order valence-corrected chi connectivity index (χ3v) is 3.07. The molecule has 4 nitrogen and oxygen atoms in total. The van der Waals surface area contributed by atoms with Crippen LogP contribution in [0.15, 0.2) is 28.7 Å². The Morgan fingerprint density at radius 2 is 2.25 bits per heavy atom. The highest BCUT2D eigenvalue weighted by Crippen LogP contribution is 2.26. The van der Waals surface area contributed by atoms with E-state index in [1.165, 1.54) is 4.90 Å². The quantitative estimate of drug-likeness (QED) is 0.796. The summed E-state index contributed by atoms with van der Waals surface area (Å²) in [4.78, 5) is 23.8. The van der Waals surface area contributed by atoms with E-state index >= 15 is 0 Å². The van der Waals surface area contributed by atoms with E-state index < -0.39 is 11.9 Å². The summed E-state index contributed by atoms with van der Waals surface area (Å²) < 4.78 is 0.856. The fourth-order valence-electron chi connectivity index (χ4n) is 1.76. The maximum absolute atomic E-state index is 11.6. The van der Waals surface area contributed by atoms with Crippen molar-refractivity contribution in [2.45, 2.75) is 6.42 Å². The van der Waals surface area contributed by atoms with Gasteiger partial charge in [0.1, 0.15) is 0 Å². The number of carbonyl (C=O) groups is 2. The van der Waals surface area contributed by atoms with Gasteiger partial charge in [-0.05, 0) is 18.2 Å². The first-order valence-electron chi connectivity index (χ1n) is 4.84. The first-order valence-corrected chi connectivity index (χ1v) is 5.64. The Kier molecular flexibility index (Phi) is 2.96. The smallest absolute Gasteiger partial charge is 0.227 e. The molecule has 1 saturated heterocycles. The second-order valence-electron chi connectivity index (χ2n) is 3.70. The summed E-state index contributed by atoms with van der Waals surface area (Å²) in [7, 11) is 0. The molecule has 1 aliphatic rings. The summed E-state index contributed by atoms with van der Waals surface area (Å²) in [6.07, 6.45) is 0.0227. The van der Waals surface area contributed by atoms with Crippen LogP contribution >= 0.6 is 15.9 Å². The van der Waals surface area contributed by atoms with Gasteiger partial charge in [-0.25, -0.2) is 0 Å². The van der Waals surface area contributed by atoms with Crippen molar-refractivity contribution >= 4 is 33.5 Å². The predicted octanol–water partition coefficient (Wildman–Crippen LogP) is 0.552. The van der Waals surface area contributed by atoms with Gasteiger partial charge in [0.25, 0.3) is 0 Å². The van der Waals surface area contributed by atoms with Crippen LogP contribution in [0.5, 0.6) is 0 Å².